The van der Waals surface area contributed by atoms with Crippen molar-refractivity contribution >= 4 is 11.9 Å². The van der Waals surface area contributed by atoms with Gasteiger partial charge >= 0.3 is 0 Å². The molecule has 138 valence electrons. The van der Waals surface area contributed by atoms with E-state index in [1.807, 2.05) is 37.3 Å². The van der Waals surface area contributed by atoms with Crippen molar-refractivity contribution in [2.75, 3.05) is 26.2 Å². The van der Waals surface area contributed by atoms with Crippen LogP contribution < -0.4 is 11.1 Å². The number of hydrogen-bond donors (Lipinski definition) is 3. The minimum absolute atomic E-state index is 0.243. The molecular weight excluding hydrogens is 316 g/mol. The average Bonchev–Trinajstić information content (AvgIpc) is 2.59. The number of rotatable bonds is 7. The van der Waals surface area contributed by atoms with Crippen molar-refractivity contribution < 1.29 is 9.90 Å². The highest BCUT2D eigenvalue weighted by atomic mass is 16.3. The summed E-state index contributed by atoms with van der Waals surface area (Å²) in [7, 11) is 0. The molecule has 6 nitrogen and oxygen atoms in total. The lowest BCUT2D eigenvalue weighted by molar-refractivity contribution is -0.119. The number of aliphatic imine (C=N–C) groups is 1. The third kappa shape index (κ3) is 6.74. The van der Waals surface area contributed by atoms with E-state index < -0.39 is 6.10 Å². The van der Waals surface area contributed by atoms with Gasteiger partial charge in [-0.25, -0.2) is 0 Å². The molecular formula is C19H30N4O2. The maximum absolute atomic E-state index is 11.2. The van der Waals surface area contributed by atoms with Crippen LogP contribution in [0.5, 0.6) is 0 Å². The first kappa shape index (κ1) is 19.2. The number of benzene rings is 1. The SMILES string of the molecule is CCNC(=NCC(O)Cc1ccccc1)N1CCCC(CC(N)=O)C1. The largest absolute Gasteiger partial charge is 0.391 e. The molecule has 1 fully saturated rings. The number of aliphatic hydroxyl groups is 1. The fourth-order valence-electron chi connectivity index (χ4n) is 3.28. The Morgan fingerprint density at radius 3 is 2.88 bits per heavy atom. The summed E-state index contributed by atoms with van der Waals surface area (Å²) in [6.07, 6.45) is 2.55. The summed E-state index contributed by atoms with van der Waals surface area (Å²) in [5, 5.41) is 13.6. The maximum Gasteiger partial charge on any atom is 0.217 e. The molecule has 2 atom stereocenters. The Morgan fingerprint density at radius 2 is 2.20 bits per heavy atom. The van der Waals surface area contributed by atoms with E-state index >= 15 is 0 Å². The topological polar surface area (TPSA) is 91.0 Å². The van der Waals surface area contributed by atoms with Gasteiger partial charge in [-0.3, -0.25) is 9.79 Å². The van der Waals surface area contributed by atoms with E-state index in [2.05, 4.69) is 15.2 Å². The molecule has 1 aliphatic rings. The van der Waals surface area contributed by atoms with E-state index in [1.54, 1.807) is 0 Å². The quantitative estimate of drug-likeness (QED) is 0.510. The van der Waals surface area contributed by atoms with Crippen molar-refractivity contribution in [3.05, 3.63) is 35.9 Å². The van der Waals surface area contributed by atoms with Gasteiger partial charge in [-0.1, -0.05) is 30.3 Å². The zero-order valence-electron chi connectivity index (χ0n) is 15.0. The minimum Gasteiger partial charge on any atom is -0.391 e. The number of piperidine rings is 1. The van der Waals surface area contributed by atoms with Gasteiger partial charge in [-0.15, -0.1) is 0 Å². The average molecular weight is 346 g/mol. The first-order valence-electron chi connectivity index (χ1n) is 9.12. The molecule has 0 bridgehead atoms. The molecule has 1 aromatic rings. The van der Waals surface area contributed by atoms with Gasteiger partial charge in [0.05, 0.1) is 12.6 Å². The van der Waals surface area contributed by atoms with Crippen LogP contribution in [0.2, 0.25) is 0 Å². The lowest BCUT2D eigenvalue weighted by Crippen LogP contribution is -2.47. The Kier molecular flexibility index (Phi) is 7.73. The third-order valence-corrected chi connectivity index (χ3v) is 4.41. The van der Waals surface area contributed by atoms with E-state index in [0.717, 1.165) is 44.0 Å². The zero-order chi connectivity index (χ0) is 18.1. The second kappa shape index (κ2) is 10.0. The number of aliphatic hydroxyl groups excluding tert-OH is 1. The predicted molar refractivity (Wildman–Crippen MR) is 100 cm³/mol. The van der Waals surface area contributed by atoms with Gasteiger partial charge in [-0.05, 0) is 31.2 Å². The lowest BCUT2D eigenvalue weighted by atomic mass is 9.95. The van der Waals surface area contributed by atoms with Crippen molar-refractivity contribution in [2.24, 2.45) is 16.6 Å². The van der Waals surface area contributed by atoms with Crippen LogP contribution in [-0.2, 0) is 11.2 Å². The molecule has 1 aromatic carbocycles. The predicted octanol–water partition coefficient (Wildman–Crippen LogP) is 1.14. The van der Waals surface area contributed by atoms with Gasteiger partial charge in [-0.2, -0.15) is 0 Å². The number of carbonyl (C=O) groups is 1. The molecule has 1 heterocycles. The van der Waals surface area contributed by atoms with Crippen LogP contribution in [0, 0.1) is 5.92 Å². The highest BCUT2D eigenvalue weighted by Crippen LogP contribution is 2.19. The molecule has 0 aromatic heterocycles. The maximum atomic E-state index is 11.2. The number of hydrogen-bond acceptors (Lipinski definition) is 3. The minimum atomic E-state index is -0.512. The molecule has 0 saturated carbocycles. The van der Waals surface area contributed by atoms with Crippen molar-refractivity contribution in [1.82, 2.24) is 10.2 Å². The van der Waals surface area contributed by atoms with Crippen LogP contribution in [0.25, 0.3) is 0 Å². The zero-order valence-corrected chi connectivity index (χ0v) is 15.0. The second-order valence-corrected chi connectivity index (χ2v) is 6.66. The Bertz CT molecular complexity index is 562. The highest BCUT2D eigenvalue weighted by Gasteiger charge is 2.23. The molecule has 0 radical (unpaired) electrons. The number of carbonyl (C=O) groups excluding carboxylic acids is 1. The van der Waals surface area contributed by atoms with E-state index in [9.17, 15) is 9.90 Å². The normalized spacial score (nSPS) is 19.5. The van der Waals surface area contributed by atoms with E-state index in [1.165, 1.54) is 0 Å². The van der Waals surface area contributed by atoms with E-state index in [4.69, 9.17) is 5.73 Å². The van der Waals surface area contributed by atoms with Crippen molar-refractivity contribution in [2.45, 2.75) is 38.7 Å². The monoisotopic (exact) mass is 346 g/mol. The van der Waals surface area contributed by atoms with Gasteiger partial charge in [0.25, 0.3) is 0 Å². The number of nitrogens with zero attached hydrogens (tertiary/aromatic N) is 2. The Labute approximate surface area is 150 Å². The molecule has 6 heteroatoms. The molecule has 4 N–H and O–H groups in total. The number of nitrogens with two attached hydrogens (primary N) is 1. The summed E-state index contributed by atoms with van der Waals surface area (Å²) >= 11 is 0. The summed E-state index contributed by atoms with van der Waals surface area (Å²) in [6.45, 7) is 4.85. The number of amides is 1. The second-order valence-electron chi connectivity index (χ2n) is 6.66. The highest BCUT2D eigenvalue weighted by molar-refractivity contribution is 5.80. The molecule has 2 unspecified atom stereocenters. The van der Waals surface area contributed by atoms with Crippen molar-refractivity contribution in [3.8, 4) is 0 Å². The smallest absolute Gasteiger partial charge is 0.217 e. The Balaban J connectivity index is 1.93. The first-order valence-corrected chi connectivity index (χ1v) is 9.12. The fourth-order valence-corrected chi connectivity index (χ4v) is 3.28. The molecule has 0 aliphatic carbocycles. The molecule has 2 rings (SSSR count). The van der Waals surface area contributed by atoms with Crippen LogP contribution in [0.3, 0.4) is 0 Å². The van der Waals surface area contributed by atoms with Gasteiger partial charge in [0.2, 0.25) is 5.91 Å². The standard InChI is InChI=1S/C19H30N4O2/c1-2-21-19(23-10-6-9-16(14-23)12-18(20)25)22-13-17(24)11-15-7-4-3-5-8-15/h3-5,7-8,16-17,24H,2,6,9-14H2,1H3,(H2,20,25)(H,21,22). The van der Waals surface area contributed by atoms with E-state index in [0.29, 0.717) is 19.4 Å². The first-order chi connectivity index (χ1) is 12.1. The number of guanidine groups is 1. The summed E-state index contributed by atoms with van der Waals surface area (Å²) in [5.41, 5.74) is 6.45. The van der Waals surface area contributed by atoms with Gasteiger partial charge in [0, 0.05) is 32.5 Å². The van der Waals surface area contributed by atoms with Crippen molar-refractivity contribution in [1.29, 1.82) is 0 Å². The Morgan fingerprint density at radius 1 is 1.44 bits per heavy atom. The molecule has 0 spiro atoms. The fraction of sp³-hybridized carbons (Fsp3) is 0.579. The summed E-state index contributed by atoms with van der Waals surface area (Å²) in [6, 6.07) is 9.94. The molecule has 1 amide bonds. The van der Waals surface area contributed by atoms with Crippen LogP contribution in [-0.4, -0.2) is 54.2 Å². The number of likely N-dealkylation sites (tertiary alicyclic amines) is 1. The summed E-state index contributed by atoms with van der Waals surface area (Å²) in [4.78, 5) is 18.0. The summed E-state index contributed by atoms with van der Waals surface area (Å²) < 4.78 is 0. The van der Waals surface area contributed by atoms with Crippen LogP contribution in [0.4, 0.5) is 0 Å². The number of primary amides is 1. The van der Waals surface area contributed by atoms with E-state index in [-0.39, 0.29) is 11.8 Å². The molecule has 1 saturated heterocycles. The van der Waals surface area contributed by atoms with Gasteiger partial charge in [0.1, 0.15) is 0 Å². The van der Waals surface area contributed by atoms with Crippen LogP contribution in [0.1, 0.15) is 31.7 Å². The third-order valence-electron chi connectivity index (χ3n) is 4.41. The Hall–Kier alpha value is -2.08. The van der Waals surface area contributed by atoms with Crippen LogP contribution in [0.15, 0.2) is 35.3 Å². The van der Waals surface area contributed by atoms with Gasteiger partial charge < -0.3 is 21.1 Å². The summed E-state index contributed by atoms with van der Waals surface area (Å²) in [5.74, 6) is 0.847. The van der Waals surface area contributed by atoms with Crippen molar-refractivity contribution in [3.63, 3.8) is 0 Å². The lowest BCUT2D eigenvalue weighted by Gasteiger charge is -2.34. The van der Waals surface area contributed by atoms with Gasteiger partial charge in [0.15, 0.2) is 5.96 Å². The van der Waals surface area contributed by atoms with Crippen LogP contribution >= 0.6 is 0 Å². The number of nitrogens with one attached hydrogen (secondary N) is 1. The molecule has 25 heavy (non-hydrogen) atoms. The molecule has 1 aliphatic heterocycles.